The van der Waals surface area contributed by atoms with Crippen molar-refractivity contribution in [1.29, 1.82) is 0 Å². The molecule has 0 aromatic heterocycles. The van der Waals surface area contributed by atoms with Crippen LogP contribution in [0.2, 0.25) is 0 Å². The first-order chi connectivity index (χ1) is 9.52. The van der Waals surface area contributed by atoms with Crippen LogP contribution >= 0.6 is 12.4 Å². The zero-order chi connectivity index (χ0) is 14.7. The molecule has 0 aliphatic heterocycles. The van der Waals surface area contributed by atoms with Crippen molar-refractivity contribution < 1.29 is 4.79 Å². The molecule has 1 unspecified atom stereocenters. The molecule has 3 nitrogen and oxygen atoms in total. The van der Waals surface area contributed by atoms with Crippen molar-refractivity contribution in [3.63, 3.8) is 0 Å². The molecule has 0 bridgehead atoms. The van der Waals surface area contributed by atoms with E-state index in [-0.39, 0.29) is 24.4 Å². The van der Waals surface area contributed by atoms with Gasteiger partial charge in [0.05, 0.1) is 6.04 Å². The molecule has 1 amide bonds. The predicted octanol–water partition coefficient (Wildman–Crippen LogP) is 3.34. The van der Waals surface area contributed by atoms with E-state index in [1.165, 1.54) is 16.7 Å². The zero-order valence-corrected chi connectivity index (χ0v) is 14.1. The second-order valence-electron chi connectivity index (χ2n) is 6.01. The molecule has 118 valence electrons. The molecule has 1 aromatic carbocycles. The van der Waals surface area contributed by atoms with E-state index in [9.17, 15) is 4.79 Å². The highest BCUT2D eigenvalue weighted by molar-refractivity contribution is 5.85. The average molecular weight is 311 g/mol. The van der Waals surface area contributed by atoms with E-state index in [4.69, 9.17) is 5.73 Å². The van der Waals surface area contributed by atoms with Crippen LogP contribution in [0, 0.1) is 13.8 Å². The summed E-state index contributed by atoms with van der Waals surface area (Å²) in [5, 5.41) is 0. The first-order valence-electron chi connectivity index (χ1n) is 7.65. The Balaban J connectivity index is 0.00000220. The van der Waals surface area contributed by atoms with Crippen molar-refractivity contribution in [2.45, 2.75) is 65.1 Å². The van der Waals surface area contributed by atoms with Crippen LogP contribution < -0.4 is 5.73 Å². The fraction of sp³-hybridized carbons (Fsp3) is 0.588. The van der Waals surface area contributed by atoms with Crippen LogP contribution in [-0.4, -0.2) is 22.9 Å². The maximum atomic E-state index is 12.5. The summed E-state index contributed by atoms with van der Waals surface area (Å²) >= 11 is 0. The smallest absolute Gasteiger partial charge is 0.240 e. The van der Waals surface area contributed by atoms with Crippen LogP contribution in [0.3, 0.4) is 0 Å². The Morgan fingerprint density at radius 1 is 1.33 bits per heavy atom. The summed E-state index contributed by atoms with van der Waals surface area (Å²) in [6.07, 6.45) is 3.97. The minimum absolute atomic E-state index is 0. The third kappa shape index (κ3) is 4.72. The lowest BCUT2D eigenvalue weighted by Crippen LogP contribution is -2.44. The van der Waals surface area contributed by atoms with Gasteiger partial charge in [0.1, 0.15) is 0 Å². The molecular weight excluding hydrogens is 284 g/mol. The second kappa shape index (κ2) is 7.81. The van der Waals surface area contributed by atoms with Crippen LogP contribution in [0.25, 0.3) is 0 Å². The molecule has 1 aliphatic rings. The predicted molar refractivity (Wildman–Crippen MR) is 89.6 cm³/mol. The maximum Gasteiger partial charge on any atom is 0.240 e. The summed E-state index contributed by atoms with van der Waals surface area (Å²) < 4.78 is 0. The maximum absolute atomic E-state index is 12.5. The number of benzene rings is 1. The molecule has 0 heterocycles. The third-order valence-corrected chi connectivity index (χ3v) is 4.11. The summed E-state index contributed by atoms with van der Waals surface area (Å²) in [4.78, 5) is 14.5. The number of carbonyl (C=O) groups excluding carboxylic acids is 1. The van der Waals surface area contributed by atoms with Crippen LogP contribution in [0.5, 0.6) is 0 Å². The molecule has 2 N–H and O–H groups in total. The molecule has 0 spiro atoms. The van der Waals surface area contributed by atoms with Gasteiger partial charge in [0.25, 0.3) is 0 Å². The van der Waals surface area contributed by atoms with E-state index in [0.29, 0.717) is 12.6 Å². The Morgan fingerprint density at radius 2 is 2.00 bits per heavy atom. The molecule has 2 rings (SSSR count). The number of amides is 1. The van der Waals surface area contributed by atoms with Gasteiger partial charge in [-0.05, 0) is 49.8 Å². The van der Waals surface area contributed by atoms with Gasteiger partial charge >= 0.3 is 0 Å². The van der Waals surface area contributed by atoms with Crippen molar-refractivity contribution in [2.75, 3.05) is 0 Å². The SMILES string of the molecule is CCCC(N)C(=O)N(Cc1ccc(C)c(C)c1)C1CC1.Cl. The Bertz CT molecular complexity index is 486. The summed E-state index contributed by atoms with van der Waals surface area (Å²) in [6.45, 7) is 6.99. The summed E-state index contributed by atoms with van der Waals surface area (Å²) in [6, 6.07) is 6.51. The Morgan fingerprint density at radius 3 is 2.52 bits per heavy atom. The van der Waals surface area contributed by atoms with E-state index in [2.05, 4.69) is 39.0 Å². The zero-order valence-electron chi connectivity index (χ0n) is 13.3. The first kappa shape index (κ1) is 18.0. The van der Waals surface area contributed by atoms with Crippen LogP contribution in [-0.2, 0) is 11.3 Å². The average Bonchev–Trinajstić information content (AvgIpc) is 3.24. The highest BCUT2D eigenvalue weighted by atomic mass is 35.5. The molecule has 1 saturated carbocycles. The lowest BCUT2D eigenvalue weighted by atomic mass is 10.1. The number of halogens is 1. The monoisotopic (exact) mass is 310 g/mol. The van der Waals surface area contributed by atoms with Crippen LogP contribution in [0.15, 0.2) is 18.2 Å². The molecule has 4 heteroatoms. The molecule has 1 aliphatic carbocycles. The van der Waals surface area contributed by atoms with Crippen molar-refractivity contribution in [1.82, 2.24) is 4.90 Å². The topological polar surface area (TPSA) is 46.3 Å². The highest BCUT2D eigenvalue weighted by Crippen LogP contribution is 2.29. The standard InChI is InChI=1S/C17H26N2O.ClH/c1-4-5-16(18)17(20)19(15-8-9-15)11-14-7-6-12(2)13(3)10-14;/h6-7,10,15-16H,4-5,8-9,11,18H2,1-3H3;1H. The minimum atomic E-state index is -0.341. The molecule has 0 radical (unpaired) electrons. The Hall–Kier alpha value is -1.06. The number of nitrogens with zero attached hydrogens (tertiary/aromatic N) is 1. The summed E-state index contributed by atoms with van der Waals surface area (Å²) in [5.74, 6) is 0.118. The fourth-order valence-electron chi connectivity index (χ4n) is 2.52. The van der Waals surface area contributed by atoms with Crippen LogP contribution in [0.1, 0.15) is 49.3 Å². The molecule has 1 atom stereocenters. The Labute approximate surface area is 134 Å². The second-order valence-corrected chi connectivity index (χ2v) is 6.01. The number of aryl methyl sites for hydroxylation is 2. The van der Waals surface area contributed by atoms with Crippen LogP contribution in [0.4, 0.5) is 0 Å². The van der Waals surface area contributed by atoms with E-state index >= 15 is 0 Å². The summed E-state index contributed by atoms with van der Waals surface area (Å²) in [5.41, 5.74) is 9.79. The third-order valence-electron chi connectivity index (χ3n) is 4.11. The largest absolute Gasteiger partial charge is 0.334 e. The van der Waals surface area contributed by atoms with E-state index < -0.39 is 0 Å². The number of nitrogens with two attached hydrogens (primary N) is 1. The van der Waals surface area contributed by atoms with E-state index in [1.807, 2.05) is 4.90 Å². The molecular formula is C17H27ClN2O. The molecule has 21 heavy (non-hydrogen) atoms. The van der Waals surface area contributed by atoms with E-state index in [1.54, 1.807) is 0 Å². The number of hydrogen-bond donors (Lipinski definition) is 1. The first-order valence-corrected chi connectivity index (χ1v) is 7.65. The van der Waals surface area contributed by atoms with Crippen molar-refractivity contribution in [3.05, 3.63) is 34.9 Å². The lowest BCUT2D eigenvalue weighted by molar-refractivity contribution is -0.134. The lowest BCUT2D eigenvalue weighted by Gasteiger charge is -2.26. The van der Waals surface area contributed by atoms with Gasteiger partial charge in [-0.15, -0.1) is 12.4 Å². The van der Waals surface area contributed by atoms with Gasteiger partial charge in [0, 0.05) is 12.6 Å². The number of rotatable bonds is 6. The van der Waals surface area contributed by atoms with Gasteiger partial charge in [0.2, 0.25) is 5.91 Å². The van der Waals surface area contributed by atoms with Gasteiger partial charge in [-0.1, -0.05) is 31.5 Å². The van der Waals surface area contributed by atoms with Gasteiger partial charge in [-0.3, -0.25) is 4.79 Å². The Kier molecular flexibility index (Phi) is 6.69. The summed E-state index contributed by atoms with van der Waals surface area (Å²) in [7, 11) is 0. The molecule has 1 fully saturated rings. The van der Waals surface area contributed by atoms with E-state index in [0.717, 1.165) is 25.7 Å². The molecule has 1 aromatic rings. The number of carbonyl (C=O) groups is 1. The fourth-order valence-corrected chi connectivity index (χ4v) is 2.52. The minimum Gasteiger partial charge on any atom is -0.334 e. The molecule has 0 saturated heterocycles. The van der Waals surface area contributed by atoms with Crippen molar-refractivity contribution >= 4 is 18.3 Å². The van der Waals surface area contributed by atoms with Gasteiger partial charge in [-0.25, -0.2) is 0 Å². The van der Waals surface area contributed by atoms with Gasteiger partial charge in [0.15, 0.2) is 0 Å². The van der Waals surface area contributed by atoms with Crippen molar-refractivity contribution in [3.8, 4) is 0 Å². The normalized spacial score (nSPS) is 15.2. The van der Waals surface area contributed by atoms with Crippen molar-refractivity contribution in [2.24, 2.45) is 5.73 Å². The highest BCUT2D eigenvalue weighted by Gasteiger charge is 2.34. The van der Waals surface area contributed by atoms with Gasteiger partial charge < -0.3 is 10.6 Å². The van der Waals surface area contributed by atoms with Gasteiger partial charge in [-0.2, -0.15) is 0 Å². The number of hydrogen-bond acceptors (Lipinski definition) is 2. The quantitative estimate of drug-likeness (QED) is 0.876.